The maximum atomic E-state index is 11.4. The summed E-state index contributed by atoms with van der Waals surface area (Å²) in [5.41, 5.74) is 2.24. The number of halogens is 2. The van der Waals surface area contributed by atoms with Crippen LogP contribution < -0.4 is 0 Å². The van der Waals surface area contributed by atoms with Gasteiger partial charge in [-0.2, -0.15) is 0 Å². The third-order valence-corrected chi connectivity index (χ3v) is 5.23. The van der Waals surface area contributed by atoms with Gasteiger partial charge in [0.05, 0.1) is 0 Å². The zero-order valence-electron chi connectivity index (χ0n) is 14.0. The van der Waals surface area contributed by atoms with Crippen molar-refractivity contribution in [2.45, 2.75) is 23.8 Å². The molecule has 0 saturated heterocycles. The molecule has 1 N–H and O–H groups in total. The molecule has 0 unspecified atom stereocenters. The van der Waals surface area contributed by atoms with Crippen LogP contribution in [0.1, 0.15) is 13.8 Å². The van der Waals surface area contributed by atoms with Crippen LogP contribution in [-0.2, 0) is 4.79 Å². The van der Waals surface area contributed by atoms with Crippen molar-refractivity contribution in [2.24, 2.45) is 0 Å². The summed E-state index contributed by atoms with van der Waals surface area (Å²) in [5, 5.41) is 10.9. The zero-order valence-corrected chi connectivity index (χ0v) is 16.3. The van der Waals surface area contributed by atoms with Gasteiger partial charge >= 0.3 is 5.97 Å². The molecule has 0 saturated carbocycles. The number of aromatic nitrogens is 1. The molecule has 26 heavy (non-hydrogen) atoms. The molecule has 3 aromatic rings. The van der Waals surface area contributed by atoms with Crippen LogP contribution >= 0.6 is 35.0 Å². The van der Waals surface area contributed by atoms with Crippen molar-refractivity contribution in [3.05, 3.63) is 58.6 Å². The number of thioether (sulfide) groups is 1. The Morgan fingerprint density at radius 1 is 1.00 bits per heavy atom. The van der Waals surface area contributed by atoms with Gasteiger partial charge in [-0.15, -0.1) is 0 Å². The second-order valence-electron chi connectivity index (χ2n) is 6.09. The second kappa shape index (κ2) is 7.35. The lowest BCUT2D eigenvalue weighted by Crippen LogP contribution is -2.26. The zero-order chi connectivity index (χ0) is 18.9. The fourth-order valence-corrected chi connectivity index (χ4v) is 3.24. The Bertz CT molecular complexity index is 871. The molecule has 3 rings (SSSR count). The Morgan fingerprint density at radius 2 is 1.50 bits per heavy atom. The molecule has 0 radical (unpaired) electrons. The molecule has 0 fully saturated rings. The van der Waals surface area contributed by atoms with Crippen molar-refractivity contribution in [1.82, 2.24) is 4.98 Å². The van der Waals surface area contributed by atoms with E-state index in [4.69, 9.17) is 27.6 Å². The maximum absolute atomic E-state index is 11.4. The van der Waals surface area contributed by atoms with Crippen molar-refractivity contribution in [3.63, 3.8) is 0 Å². The molecule has 0 amide bonds. The predicted molar refractivity (Wildman–Crippen MR) is 105 cm³/mol. The van der Waals surface area contributed by atoms with Crippen LogP contribution in [0.3, 0.4) is 0 Å². The number of nitrogens with zero attached hydrogens (tertiary/aromatic N) is 1. The lowest BCUT2D eigenvalue weighted by Gasteiger charge is -2.15. The monoisotopic (exact) mass is 407 g/mol. The lowest BCUT2D eigenvalue weighted by molar-refractivity contribution is -0.138. The summed E-state index contributed by atoms with van der Waals surface area (Å²) < 4.78 is 4.85. The van der Waals surface area contributed by atoms with Gasteiger partial charge in [-0.05, 0) is 62.0 Å². The molecule has 0 aliphatic heterocycles. The number of hydrogen-bond donors (Lipinski definition) is 1. The smallest absolute Gasteiger partial charge is 0.319 e. The number of carbonyl (C=O) groups is 1. The SMILES string of the molecule is CC(C)(Sc1nc(-c2ccc(Cl)cc2)c(-c2ccc(Cl)cc2)o1)C(=O)O. The van der Waals surface area contributed by atoms with Gasteiger partial charge in [-0.1, -0.05) is 35.3 Å². The van der Waals surface area contributed by atoms with E-state index in [0.29, 0.717) is 21.5 Å². The van der Waals surface area contributed by atoms with E-state index in [-0.39, 0.29) is 5.22 Å². The molecular formula is C19H15Cl2NO3S. The van der Waals surface area contributed by atoms with Gasteiger partial charge in [0.15, 0.2) is 5.76 Å². The van der Waals surface area contributed by atoms with Crippen LogP contribution in [0.15, 0.2) is 58.2 Å². The largest absolute Gasteiger partial charge is 0.480 e. The Morgan fingerprint density at radius 3 is 2.00 bits per heavy atom. The minimum absolute atomic E-state index is 0.285. The lowest BCUT2D eigenvalue weighted by atomic mass is 10.1. The van der Waals surface area contributed by atoms with E-state index in [1.165, 1.54) is 0 Å². The Balaban J connectivity index is 2.09. The molecule has 1 heterocycles. The topological polar surface area (TPSA) is 63.3 Å². The summed E-state index contributed by atoms with van der Waals surface area (Å²) in [6.07, 6.45) is 0. The van der Waals surface area contributed by atoms with Crippen molar-refractivity contribution in [1.29, 1.82) is 0 Å². The summed E-state index contributed by atoms with van der Waals surface area (Å²) in [6, 6.07) is 14.4. The van der Waals surface area contributed by atoms with Crippen molar-refractivity contribution in [2.75, 3.05) is 0 Å². The molecule has 0 spiro atoms. The first-order valence-corrected chi connectivity index (χ1v) is 9.28. The highest BCUT2D eigenvalue weighted by Crippen LogP contribution is 2.40. The first-order valence-electron chi connectivity index (χ1n) is 7.71. The van der Waals surface area contributed by atoms with Crippen LogP contribution in [0, 0.1) is 0 Å². The maximum Gasteiger partial charge on any atom is 0.319 e. The van der Waals surface area contributed by atoms with Crippen molar-refractivity contribution < 1.29 is 14.3 Å². The summed E-state index contributed by atoms with van der Waals surface area (Å²) >= 11 is 13.0. The second-order valence-corrected chi connectivity index (χ2v) is 8.54. The number of benzene rings is 2. The van der Waals surface area contributed by atoms with Crippen molar-refractivity contribution in [3.8, 4) is 22.6 Å². The fraction of sp³-hybridized carbons (Fsp3) is 0.158. The summed E-state index contributed by atoms with van der Waals surface area (Å²) in [5.74, 6) is -0.394. The van der Waals surface area contributed by atoms with E-state index in [0.717, 1.165) is 22.9 Å². The molecule has 0 atom stereocenters. The van der Waals surface area contributed by atoms with Gasteiger partial charge in [0.2, 0.25) is 0 Å². The van der Waals surface area contributed by atoms with E-state index in [1.807, 2.05) is 24.3 Å². The minimum atomic E-state index is -1.07. The molecule has 0 bridgehead atoms. The predicted octanol–water partition coefficient (Wildman–Crippen LogP) is 6.27. The highest BCUT2D eigenvalue weighted by molar-refractivity contribution is 8.01. The van der Waals surface area contributed by atoms with E-state index in [2.05, 4.69) is 4.98 Å². The molecular weight excluding hydrogens is 393 g/mol. The number of rotatable bonds is 5. The van der Waals surface area contributed by atoms with E-state index >= 15 is 0 Å². The van der Waals surface area contributed by atoms with Crippen LogP contribution in [0.25, 0.3) is 22.6 Å². The normalized spacial score (nSPS) is 11.5. The number of aliphatic carboxylic acids is 1. The third kappa shape index (κ3) is 4.06. The minimum Gasteiger partial charge on any atom is -0.480 e. The van der Waals surface area contributed by atoms with Gasteiger partial charge in [-0.3, -0.25) is 4.79 Å². The molecule has 0 aliphatic rings. The van der Waals surface area contributed by atoms with Gasteiger partial charge in [0, 0.05) is 21.2 Å². The summed E-state index contributed by atoms with van der Waals surface area (Å²) in [4.78, 5) is 15.9. The van der Waals surface area contributed by atoms with E-state index < -0.39 is 10.7 Å². The molecule has 1 aromatic heterocycles. The highest BCUT2D eigenvalue weighted by Gasteiger charge is 2.32. The quantitative estimate of drug-likeness (QED) is 0.504. The first kappa shape index (κ1) is 18.8. The summed E-state index contributed by atoms with van der Waals surface area (Å²) in [7, 11) is 0. The van der Waals surface area contributed by atoms with Gasteiger partial charge in [0.25, 0.3) is 5.22 Å². The number of carboxylic acids is 1. The van der Waals surface area contributed by atoms with E-state index in [1.54, 1.807) is 38.1 Å². The standard InChI is InChI=1S/C19H15Cl2NO3S/c1-19(2,17(23)24)26-18-22-15(11-3-7-13(20)8-4-11)16(25-18)12-5-9-14(21)10-6-12/h3-10H,1-2H3,(H,23,24). The number of hydrogen-bond acceptors (Lipinski definition) is 4. The van der Waals surface area contributed by atoms with Gasteiger partial charge in [0.1, 0.15) is 10.4 Å². The molecule has 2 aromatic carbocycles. The molecule has 4 nitrogen and oxygen atoms in total. The Kier molecular flexibility index (Phi) is 5.32. The molecule has 134 valence electrons. The number of carboxylic acid groups (broad SMARTS) is 1. The van der Waals surface area contributed by atoms with E-state index in [9.17, 15) is 9.90 Å². The number of oxazole rings is 1. The Labute approximate surface area is 165 Å². The summed E-state index contributed by atoms with van der Waals surface area (Å²) in [6.45, 7) is 3.21. The molecule has 7 heteroatoms. The Hall–Kier alpha value is -1.95. The van der Waals surface area contributed by atoms with Crippen LogP contribution in [0.5, 0.6) is 0 Å². The average Bonchev–Trinajstić information content (AvgIpc) is 2.99. The fourth-order valence-electron chi connectivity index (χ4n) is 2.21. The third-order valence-electron chi connectivity index (χ3n) is 3.69. The molecule has 0 aliphatic carbocycles. The van der Waals surface area contributed by atoms with Crippen LogP contribution in [0.4, 0.5) is 0 Å². The van der Waals surface area contributed by atoms with Gasteiger partial charge in [-0.25, -0.2) is 4.98 Å². The van der Waals surface area contributed by atoms with Crippen LogP contribution in [0.2, 0.25) is 10.0 Å². The van der Waals surface area contributed by atoms with Crippen LogP contribution in [-0.4, -0.2) is 20.8 Å². The van der Waals surface area contributed by atoms with Gasteiger partial charge < -0.3 is 9.52 Å². The van der Waals surface area contributed by atoms with Crippen molar-refractivity contribution >= 4 is 40.9 Å². The first-order chi connectivity index (χ1) is 12.3. The highest BCUT2D eigenvalue weighted by atomic mass is 35.5. The average molecular weight is 408 g/mol.